The molecule has 1 aromatic rings. The van der Waals surface area contributed by atoms with Crippen LogP contribution in [-0.2, 0) is 20.3 Å². The van der Waals surface area contributed by atoms with Crippen LogP contribution in [0, 0.1) is 53.8 Å². The van der Waals surface area contributed by atoms with Crippen LogP contribution in [0.3, 0.4) is 0 Å². The Balaban J connectivity index is 0.00000306. The third kappa shape index (κ3) is 5.31. The van der Waals surface area contributed by atoms with Crippen molar-refractivity contribution in [1.82, 2.24) is 0 Å². The number of hydrogen-bond donors (Lipinski definition) is 0. The normalized spacial score (nSPS) is 30.9. The van der Waals surface area contributed by atoms with Gasteiger partial charge in [-0.25, -0.2) is 4.89 Å². The van der Waals surface area contributed by atoms with Crippen LogP contribution in [0.15, 0.2) is 35.9 Å². The van der Waals surface area contributed by atoms with E-state index in [4.69, 9.17) is 25.5 Å². The maximum absolute atomic E-state index is 11.6. The van der Waals surface area contributed by atoms with Gasteiger partial charge in [0.05, 0.1) is 0 Å². The molecule has 170 valence electrons. The third-order valence-corrected chi connectivity index (χ3v) is 7.20. The van der Waals surface area contributed by atoms with E-state index in [1.807, 2.05) is 6.07 Å². The molecule has 0 amide bonds. The van der Waals surface area contributed by atoms with Crippen molar-refractivity contribution in [3.05, 3.63) is 41.5 Å². The van der Waals surface area contributed by atoms with E-state index in [0.717, 1.165) is 24.8 Å². The summed E-state index contributed by atoms with van der Waals surface area (Å²) in [7, 11) is -0.0102. The largest absolute Gasteiger partial charge is 1.00 e. The number of hydrogen-bond acceptors (Lipinski definition) is 6. The van der Waals surface area contributed by atoms with Crippen LogP contribution in [-0.4, -0.2) is 12.7 Å². The average Bonchev–Trinajstić information content (AvgIpc) is 2.73. The Labute approximate surface area is 250 Å². The van der Waals surface area contributed by atoms with Crippen LogP contribution in [0.4, 0.5) is 0 Å². The SMILES string of the molecule is C#CC#CC#CC1C=C(C)C2CCCC1C21OOC1(OC)c1cccc(OP([O-])([O-])=P)c1.[HH].[HH].[Na+].[Na+]. The van der Waals surface area contributed by atoms with E-state index < -0.39 is 18.6 Å². The van der Waals surface area contributed by atoms with Gasteiger partial charge in [-0.05, 0) is 55.6 Å². The molecule has 1 heterocycles. The van der Waals surface area contributed by atoms with E-state index in [1.165, 1.54) is 0 Å². The van der Waals surface area contributed by atoms with Crippen LogP contribution in [0.2, 0.25) is 0 Å². The molecule has 0 aromatic heterocycles. The fourth-order valence-electron chi connectivity index (χ4n) is 5.37. The first-order chi connectivity index (χ1) is 15.3. The first-order valence-electron chi connectivity index (χ1n) is 10.2. The molecule has 1 aromatic carbocycles. The summed E-state index contributed by atoms with van der Waals surface area (Å²) in [5.74, 6) is 12.3. The average molecular weight is 518 g/mol. The fraction of sp³-hybridized carbons (Fsp3) is 0.417. The van der Waals surface area contributed by atoms with Crippen molar-refractivity contribution >= 4 is 15.8 Å². The van der Waals surface area contributed by atoms with Crippen LogP contribution in [0.25, 0.3) is 0 Å². The zero-order valence-corrected chi connectivity index (χ0v) is 25.6. The Morgan fingerprint density at radius 2 is 1.97 bits per heavy atom. The van der Waals surface area contributed by atoms with Gasteiger partial charge in [-0.1, -0.05) is 43.4 Å². The molecule has 2 fully saturated rings. The summed E-state index contributed by atoms with van der Waals surface area (Å²) in [6.45, 7) is 2.07. The van der Waals surface area contributed by atoms with Crippen LogP contribution in [0.1, 0.15) is 34.6 Å². The molecular weight excluding hydrogens is 492 g/mol. The monoisotopic (exact) mass is 518 g/mol. The molecule has 2 bridgehead atoms. The molecular formula is C24H26Na2O6P2. The smallest absolute Gasteiger partial charge is 0.808 e. The van der Waals surface area contributed by atoms with Gasteiger partial charge in [0, 0.05) is 33.3 Å². The van der Waals surface area contributed by atoms with E-state index >= 15 is 0 Å². The number of methoxy groups -OCH3 is 1. The van der Waals surface area contributed by atoms with Gasteiger partial charge < -0.3 is 19.0 Å². The second kappa shape index (κ2) is 12.0. The molecule has 34 heavy (non-hydrogen) atoms. The van der Waals surface area contributed by atoms with Crippen LogP contribution in [0.5, 0.6) is 5.75 Å². The Morgan fingerprint density at radius 3 is 2.59 bits per heavy atom. The second-order valence-corrected chi connectivity index (χ2v) is 10.9. The van der Waals surface area contributed by atoms with Gasteiger partial charge in [0.15, 0.2) is 5.60 Å². The molecule has 5 unspecified atom stereocenters. The number of allylic oxidation sites excluding steroid dienone is 1. The van der Waals surface area contributed by atoms with Crippen molar-refractivity contribution in [2.75, 3.05) is 7.11 Å². The summed E-state index contributed by atoms with van der Waals surface area (Å²) < 4.78 is 11.1. The topological polar surface area (TPSA) is 83.0 Å². The van der Waals surface area contributed by atoms with E-state index in [-0.39, 0.29) is 85.5 Å². The number of rotatable bonds is 4. The molecule has 2 aliphatic carbocycles. The summed E-state index contributed by atoms with van der Waals surface area (Å²) in [5, 5.41) is 0. The molecule has 0 N–H and O–H groups in total. The van der Waals surface area contributed by atoms with Crippen molar-refractivity contribution in [3.63, 3.8) is 0 Å². The van der Waals surface area contributed by atoms with Gasteiger partial charge in [0.25, 0.3) is 5.79 Å². The zero-order chi connectivity index (χ0) is 23.0. The maximum Gasteiger partial charge on any atom is 1.00 e. The van der Waals surface area contributed by atoms with Crippen molar-refractivity contribution < 1.29 is 90.8 Å². The van der Waals surface area contributed by atoms with Crippen molar-refractivity contribution in [3.8, 4) is 41.8 Å². The number of ether oxygens (including phenoxy) is 1. The molecule has 1 aliphatic heterocycles. The summed E-state index contributed by atoms with van der Waals surface area (Å²) in [6.07, 6.45) is 10.2. The van der Waals surface area contributed by atoms with E-state index in [9.17, 15) is 9.79 Å². The minimum absolute atomic E-state index is 0. The summed E-state index contributed by atoms with van der Waals surface area (Å²) in [6, 6.07) is 6.65. The zero-order valence-electron chi connectivity index (χ0n) is 19.7. The quantitative estimate of drug-likeness (QED) is 0.141. The second-order valence-electron chi connectivity index (χ2n) is 8.09. The summed E-state index contributed by atoms with van der Waals surface area (Å²) in [5.41, 5.74) is 0.923. The van der Waals surface area contributed by atoms with E-state index in [1.54, 1.807) is 25.3 Å². The molecule has 0 radical (unpaired) electrons. The van der Waals surface area contributed by atoms with Gasteiger partial charge in [-0.2, -0.15) is 4.89 Å². The van der Waals surface area contributed by atoms with E-state index in [0.29, 0.717) is 5.56 Å². The van der Waals surface area contributed by atoms with Gasteiger partial charge in [0.2, 0.25) is 0 Å². The predicted octanol–water partition coefficient (Wildman–Crippen LogP) is -2.76. The van der Waals surface area contributed by atoms with Crippen molar-refractivity contribution in [1.29, 1.82) is 0 Å². The Bertz CT molecular complexity index is 1170. The van der Waals surface area contributed by atoms with Gasteiger partial charge in [-0.3, -0.25) is 0 Å². The maximum atomic E-state index is 11.6. The predicted molar refractivity (Wildman–Crippen MR) is 123 cm³/mol. The van der Waals surface area contributed by atoms with Gasteiger partial charge >= 0.3 is 59.1 Å². The number of terminal acetylenes is 1. The molecule has 4 rings (SSSR count). The first-order valence-corrected chi connectivity index (χ1v) is 13.1. The Hall–Kier alpha value is -0.0300. The molecule has 1 saturated heterocycles. The van der Waals surface area contributed by atoms with Crippen LogP contribution >= 0.6 is 15.8 Å². The molecule has 10 heteroatoms. The standard InChI is InChI=1S/C24H22O6P2.2Na.2H2/c1-4-5-6-7-10-18-15-17(2)21-13-9-14-22(18)23(21)24(27-3,30-29-23)19-11-8-12-20(16-19)28-32(25,26)31;;;;/h1,8,11-12,15-16,18,21-22,31H,9,13-14H2,2-3H3;;;2*1H/q-2;2*+1;;. The van der Waals surface area contributed by atoms with Gasteiger partial charge in [-0.15, -0.1) is 15.0 Å². The Kier molecular flexibility index (Phi) is 10.7. The minimum Gasteiger partial charge on any atom is -0.808 e. The van der Waals surface area contributed by atoms with Gasteiger partial charge in [0.1, 0.15) is 5.75 Å². The van der Waals surface area contributed by atoms with Crippen LogP contribution < -0.4 is 73.4 Å². The fourth-order valence-corrected chi connectivity index (χ4v) is 6.08. The molecule has 1 saturated carbocycles. The summed E-state index contributed by atoms with van der Waals surface area (Å²) in [4.78, 5) is 34.9. The number of benzene rings is 1. The van der Waals surface area contributed by atoms with Crippen molar-refractivity contribution in [2.45, 2.75) is 37.6 Å². The Morgan fingerprint density at radius 1 is 1.21 bits per heavy atom. The van der Waals surface area contributed by atoms with Crippen molar-refractivity contribution in [2.24, 2.45) is 17.8 Å². The molecule has 1 spiro atoms. The summed E-state index contributed by atoms with van der Waals surface area (Å²) >= 11 is 0. The first kappa shape index (κ1) is 30.2. The molecule has 5 atom stereocenters. The minimum atomic E-state index is -4.17. The van der Waals surface area contributed by atoms with E-state index in [2.05, 4.69) is 51.1 Å². The molecule has 3 aliphatic rings. The third-order valence-electron chi connectivity index (χ3n) is 6.48. The molecule has 6 nitrogen and oxygen atoms in total.